The molecule has 0 fully saturated rings. The molecule has 144 valence electrons. The zero-order chi connectivity index (χ0) is 20.4. The van der Waals surface area contributed by atoms with Gasteiger partial charge in [-0.3, -0.25) is 9.78 Å². The molecule has 0 aliphatic rings. The van der Waals surface area contributed by atoms with Gasteiger partial charge in [-0.05, 0) is 36.2 Å². The quantitative estimate of drug-likeness (QED) is 0.333. The van der Waals surface area contributed by atoms with Crippen molar-refractivity contribution in [2.24, 2.45) is 0 Å². The van der Waals surface area contributed by atoms with Crippen LogP contribution in [0.5, 0.6) is 0 Å². The van der Waals surface area contributed by atoms with E-state index >= 15 is 0 Å². The minimum atomic E-state index is -0.249. The minimum absolute atomic E-state index is 0.249. The first-order valence-electron chi connectivity index (χ1n) is 9.14. The number of imidazole rings is 1. The summed E-state index contributed by atoms with van der Waals surface area (Å²) in [4.78, 5) is 24.5. The van der Waals surface area contributed by atoms with E-state index in [1.807, 2.05) is 49.4 Å². The lowest BCUT2D eigenvalue weighted by Crippen LogP contribution is -2.09. The molecule has 6 heteroatoms. The highest BCUT2D eigenvalue weighted by molar-refractivity contribution is 6.30. The maximum atomic E-state index is 13.0. The van der Waals surface area contributed by atoms with Crippen molar-refractivity contribution >= 4 is 39.7 Å². The maximum absolute atomic E-state index is 13.0. The number of pyridine rings is 1. The number of aromatic nitrogens is 3. The van der Waals surface area contributed by atoms with Gasteiger partial charge in [0.05, 0.1) is 17.2 Å². The van der Waals surface area contributed by atoms with E-state index in [1.165, 1.54) is 0 Å². The molecule has 29 heavy (non-hydrogen) atoms. The number of anilines is 1. The predicted octanol–water partition coefficient (Wildman–Crippen LogP) is 5.43. The Hall–Kier alpha value is -3.44. The fourth-order valence-electron chi connectivity index (χ4n) is 3.18. The van der Waals surface area contributed by atoms with E-state index in [2.05, 4.69) is 26.8 Å². The van der Waals surface area contributed by atoms with E-state index in [4.69, 9.17) is 11.6 Å². The molecule has 0 saturated carbocycles. The Morgan fingerprint density at radius 3 is 2.72 bits per heavy atom. The summed E-state index contributed by atoms with van der Waals surface area (Å²) in [5, 5.41) is 4.13. The number of ketones is 1. The Balaban J connectivity index is 1.61. The van der Waals surface area contributed by atoms with Gasteiger partial charge in [-0.25, -0.2) is 4.98 Å². The van der Waals surface area contributed by atoms with Crippen molar-refractivity contribution in [3.8, 4) is 0 Å². The molecule has 0 atom stereocenters. The summed E-state index contributed by atoms with van der Waals surface area (Å²) in [5.74, 6) is 0.00417. The number of Topliss-reactive ketones (excluding diaryl/α,β-unsaturated/α-hetero) is 1. The van der Waals surface area contributed by atoms with E-state index in [-0.39, 0.29) is 11.6 Å². The third-order valence-electron chi connectivity index (χ3n) is 4.75. The number of para-hydroxylation sites is 1. The Labute approximate surface area is 173 Å². The van der Waals surface area contributed by atoms with E-state index in [9.17, 15) is 4.79 Å². The molecular weight excluding hydrogens is 384 g/mol. The van der Waals surface area contributed by atoms with Crippen LogP contribution in [0, 0.1) is 6.92 Å². The fourth-order valence-corrected chi connectivity index (χ4v) is 3.30. The van der Waals surface area contributed by atoms with Gasteiger partial charge >= 0.3 is 0 Å². The predicted molar refractivity (Wildman–Crippen MR) is 117 cm³/mol. The van der Waals surface area contributed by atoms with Crippen molar-refractivity contribution in [3.63, 3.8) is 0 Å². The zero-order valence-electron chi connectivity index (χ0n) is 15.9. The van der Waals surface area contributed by atoms with Crippen molar-refractivity contribution in [1.29, 1.82) is 0 Å². The van der Waals surface area contributed by atoms with Crippen molar-refractivity contribution in [3.05, 3.63) is 95.0 Å². The number of aromatic amines is 1. The second-order valence-corrected chi connectivity index (χ2v) is 7.20. The van der Waals surface area contributed by atoms with Crippen molar-refractivity contribution in [2.45, 2.75) is 13.5 Å². The molecule has 0 radical (unpaired) electrons. The molecule has 0 saturated heterocycles. The van der Waals surface area contributed by atoms with E-state index in [0.29, 0.717) is 28.2 Å². The fraction of sp³-hybridized carbons (Fsp3) is 0.0870. The third-order valence-corrected chi connectivity index (χ3v) is 5.00. The second kappa shape index (κ2) is 7.89. The topological polar surface area (TPSA) is 70.7 Å². The Bertz CT molecular complexity index is 1180. The number of halogens is 1. The van der Waals surface area contributed by atoms with Crippen LogP contribution in [-0.2, 0) is 6.54 Å². The number of benzene rings is 2. The number of hydrogen-bond donors (Lipinski definition) is 2. The first-order valence-corrected chi connectivity index (χ1v) is 9.52. The summed E-state index contributed by atoms with van der Waals surface area (Å²) in [5.41, 5.74) is 5.53. The third kappa shape index (κ3) is 3.91. The van der Waals surface area contributed by atoms with Gasteiger partial charge in [0, 0.05) is 34.6 Å². The standard InChI is InChI=1S/C23H19ClN4O/c1-14-4-3-5-18(21(14)26-12-16-6-8-17(24)9-7-16)15(2)22(29)23-27-19-10-11-25-13-20(19)28-23/h3-11,13,26H,2,12H2,1H3,(H,27,28). The number of nitrogens with one attached hydrogen (secondary N) is 2. The molecule has 0 aliphatic heterocycles. The highest BCUT2D eigenvalue weighted by atomic mass is 35.5. The largest absolute Gasteiger partial charge is 0.380 e. The van der Waals surface area contributed by atoms with Crippen LogP contribution in [0.15, 0.2) is 67.5 Å². The van der Waals surface area contributed by atoms with E-state index in [0.717, 1.165) is 22.4 Å². The molecule has 5 nitrogen and oxygen atoms in total. The summed E-state index contributed by atoms with van der Waals surface area (Å²) in [6, 6.07) is 15.2. The SMILES string of the molecule is C=C(C(=O)c1nc2ccncc2[nH]1)c1cccc(C)c1NCc1ccc(Cl)cc1. The van der Waals surface area contributed by atoms with Gasteiger partial charge in [-0.1, -0.05) is 48.5 Å². The molecule has 0 aliphatic carbocycles. The summed E-state index contributed by atoms with van der Waals surface area (Å²) < 4.78 is 0. The molecule has 2 aromatic heterocycles. The van der Waals surface area contributed by atoms with Crippen LogP contribution in [0.1, 0.15) is 27.3 Å². The first kappa shape index (κ1) is 18.9. The molecule has 0 spiro atoms. The Morgan fingerprint density at radius 1 is 1.17 bits per heavy atom. The van der Waals surface area contributed by atoms with Crippen LogP contribution in [0.3, 0.4) is 0 Å². The number of hydrogen-bond acceptors (Lipinski definition) is 4. The second-order valence-electron chi connectivity index (χ2n) is 6.76. The van der Waals surface area contributed by atoms with Gasteiger partial charge in [0.15, 0.2) is 5.82 Å². The monoisotopic (exact) mass is 402 g/mol. The molecule has 4 aromatic rings. The van der Waals surface area contributed by atoms with Gasteiger partial charge in [0.25, 0.3) is 0 Å². The summed E-state index contributed by atoms with van der Waals surface area (Å²) in [7, 11) is 0. The average molecular weight is 403 g/mol. The normalized spacial score (nSPS) is 10.8. The molecule has 0 amide bonds. The Morgan fingerprint density at radius 2 is 1.97 bits per heavy atom. The number of carbonyl (C=O) groups excluding carboxylic acids is 1. The van der Waals surface area contributed by atoms with Crippen LogP contribution in [0.25, 0.3) is 16.6 Å². The molecule has 0 bridgehead atoms. The number of aryl methyl sites for hydroxylation is 1. The Kier molecular flexibility index (Phi) is 5.14. The van der Waals surface area contributed by atoms with Crippen molar-refractivity contribution in [1.82, 2.24) is 15.0 Å². The smallest absolute Gasteiger partial charge is 0.228 e. The number of carbonyl (C=O) groups is 1. The van der Waals surface area contributed by atoms with Gasteiger partial charge in [0.1, 0.15) is 0 Å². The number of nitrogens with zero attached hydrogens (tertiary/aromatic N) is 2. The maximum Gasteiger partial charge on any atom is 0.228 e. The van der Waals surface area contributed by atoms with Gasteiger partial charge in [0.2, 0.25) is 5.78 Å². The highest BCUT2D eigenvalue weighted by Crippen LogP contribution is 2.29. The van der Waals surface area contributed by atoms with Crippen molar-refractivity contribution < 1.29 is 4.79 Å². The van der Waals surface area contributed by atoms with Gasteiger partial charge < -0.3 is 10.3 Å². The highest BCUT2D eigenvalue weighted by Gasteiger charge is 2.19. The number of fused-ring (bicyclic) bond motifs is 1. The molecule has 4 rings (SSSR count). The van der Waals surface area contributed by atoms with Crippen molar-refractivity contribution in [2.75, 3.05) is 5.32 Å². The molecule has 2 aromatic carbocycles. The zero-order valence-corrected chi connectivity index (χ0v) is 16.6. The summed E-state index contributed by atoms with van der Waals surface area (Å²) >= 11 is 5.96. The van der Waals surface area contributed by atoms with Gasteiger partial charge in [-0.15, -0.1) is 0 Å². The molecular formula is C23H19ClN4O. The van der Waals surface area contributed by atoms with E-state index < -0.39 is 0 Å². The van der Waals surface area contributed by atoms with Gasteiger partial charge in [-0.2, -0.15) is 0 Å². The molecule has 2 N–H and O–H groups in total. The lowest BCUT2D eigenvalue weighted by Gasteiger charge is -2.16. The number of allylic oxidation sites excluding steroid dienone is 1. The lowest BCUT2D eigenvalue weighted by molar-refractivity contribution is 0.104. The van der Waals surface area contributed by atoms with Crippen LogP contribution < -0.4 is 5.32 Å². The minimum Gasteiger partial charge on any atom is -0.380 e. The van der Waals surface area contributed by atoms with Crippen LogP contribution in [-0.4, -0.2) is 20.7 Å². The summed E-state index contributed by atoms with van der Waals surface area (Å²) in [6.45, 7) is 6.66. The van der Waals surface area contributed by atoms with Crippen LogP contribution in [0.2, 0.25) is 5.02 Å². The van der Waals surface area contributed by atoms with Crippen LogP contribution in [0.4, 0.5) is 5.69 Å². The molecule has 0 unspecified atom stereocenters. The molecule has 2 heterocycles. The van der Waals surface area contributed by atoms with E-state index in [1.54, 1.807) is 18.5 Å². The lowest BCUT2D eigenvalue weighted by atomic mass is 9.98. The first-order chi connectivity index (χ1) is 14.0. The summed E-state index contributed by atoms with van der Waals surface area (Å²) in [6.07, 6.45) is 3.29. The number of H-pyrrole nitrogens is 1. The average Bonchev–Trinajstić information content (AvgIpc) is 3.17. The van der Waals surface area contributed by atoms with Crippen LogP contribution >= 0.6 is 11.6 Å². The number of rotatable bonds is 6.